The largest absolute Gasteiger partial charge is 0.462 e. The van der Waals surface area contributed by atoms with Crippen molar-refractivity contribution in [1.82, 2.24) is 0 Å². The van der Waals surface area contributed by atoms with Crippen molar-refractivity contribution in [2.45, 2.75) is 19.8 Å². The Hall–Kier alpha value is -0.460. The van der Waals surface area contributed by atoms with E-state index in [2.05, 4.69) is 6.92 Å². The lowest BCUT2D eigenvalue weighted by Crippen LogP contribution is -2.01. The lowest BCUT2D eigenvalue weighted by molar-refractivity contribution is 0.376. The van der Waals surface area contributed by atoms with Crippen molar-refractivity contribution in [2.75, 3.05) is 0 Å². The van der Waals surface area contributed by atoms with Crippen LogP contribution in [0.3, 0.4) is 0 Å². The molecule has 0 aromatic rings. The standard InChI is InChI=1S/C8H10O/c1-5(7-4-9-7)8-2-6(8)3-8/h4-6H,2-3H2,1H3. The number of ether oxygens (including phenoxy) is 1. The van der Waals surface area contributed by atoms with Crippen LogP contribution in [0.25, 0.3) is 0 Å². The molecule has 1 heteroatoms. The highest BCUT2D eigenvalue weighted by atomic mass is 16.5. The molecule has 2 fully saturated rings. The molecule has 0 N–H and O–H groups in total. The van der Waals surface area contributed by atoms with Gasteiger partial charge >= 0.3 is 0 Å². The molecule has 0 saturated heterocycles. The number of rotatable bonds is 2. The van der Waals surface area contributed by atoms with Crippen LogP contribution in [0.2, 0.25) is 0 Å². The third-order valence-electron chi connectivity index (χ3n) is 3.29. The van der Waals surface area contributed by atoms with Crippen molar-refractivity contribution in [3.8, 4) is 0 Å². The van der Waals surface area contributed by atoms with E-state index in [0.717, 1.165) is 17.3 Å². The molecule has 0 amide bonds. The average molecular weight is 122 g/mol. The van der Waals surface area contributed by atoms with E-state index in [4.69, 9.17) is 4.74 Å². The van der Waals surface area contributed by atoms with E-state index in [0.29, 0.717) is 0 Å². The Morgan fingerprint density at radius 3 is 2.67 bits per heavy atom. The van der Waals surface area contributed by atoms with E-state index in [1.165, 1.54) is 18.6 Å². The predicted octanol–water partition coefficient (Wildman–Crippen LogP) is 1.90. The van der Waals surface area contributed by atoms with E-state index in [1.807, 2.05) is 6.26 Å². The van der Waals surface area contributed by atoms with Gasteiger partial charge in [0.15, 0.2) is 0 Å². The summed E-state index contributed by atoms with van der Waals surface area (Å²) in [5.41, 5.74) is 0.766. The minimum Gasteiger partial charge on any atom is -0.462 e. The summed E-state index contributed by atoms with van der Waals surface area (Å²) in [4.78, 5) is 0. The Morgan fingerprint density at radius 2 is 2.33 bits per heavy atom. The zero-order valence-corrected chi connectivity index (χ0v) is 5.55. The maximum Gasteiger partial charge on any atom is 0.142 e. The molecule has 0 aromatic carbocycles. The quantitative estimate of drug-likeness (QED) is 0.545. The van der Waals surface area contributed by atoms with Crippen LogP contribution in [0, 0.1) is 17.3 Å². The maximum atomic E-state index is 5.06. The van der Waals surface area contributed by atoms with Gasteiger partial charge < -0.3 is 4.74 Å². The summed E-state index contributed by atoms with van der Waals surface area (Å²) in [6.45, 7) is 2.30. The Labute approximate surface area is 54.7 Å². The molecule has 1 unspecified atom stereocenters. The molecular weight excluding hydrogens is 112 g/mol. The summed E-state index contributed by atoms with van der Waals surface area (Å²) in [5, 5.41) is 0. The topological polar surface area (TPSA) is 12.5 Å². The van der Waals surface area contributed by atoms with E-state index in [1.54, 1.807) is 0 Å². The Bertz CT molecular complexity index is 199. The van der Waals surface area contributed by atoms with E-state index >= 15 is 0 Å². The van der Waals surface area contributed by atoms with Gasteiger partial charge in [-0.1, -0.05) is 6.92 Å². The molecule has 48 valence electrons. The summed E-state index contributed by atoms with van der Waals surface area (Å²) >= 11 is 0. The molecule has 1 heterocycles. The van der Waals surface area contributed by atoms with Crippen LogP contribution in [0.5, 0.6) is 0 Å². The van der Waals surface area contributed by atoms with Gasteiger partial charge in [-0.3, -0.25) is 0 Å². The van der Waals surface area contributed by atoms with Crippen LogP contribution in [0.15, 0.2) is 12.0 Å². The van der Waals surface area contributed by atoms with Gasteiger partial charge in [0, 0.05) is 5.92 Å². The smallest absolute Gasteiger partial charge is 0.142 e. The summed E-state index contributed by atoms with van der Waals surface area (Å²) in [7, 11) is 0. The molecular formula is C8H10O. The average Bonchev–Trinajstić information content (AvgIpc) is 2.60. The fourth-order valence-corrected chi connectivity index (χ4v) is 1.97. The minimum absolute atomic E-state index is 0.752. The number of hydrogen-bond acceptors (Lipinski definition) is 1. The van der Waals surface area contributed by atoms with Crippen molar-refractivity contribution in [2.24, 2.45) is 17.3 Å². The van der Waals surface area contributed by atoms with Crippen LogP contribution >= 0.6 is 0 Å². The third kappa shape index (κ3) is 0.384. The van der Waals surface area contributed by atoms with Gasteiger partial charge in [0.05, 0.1) is 0 Å². The third-order valence-corrected chi connectivity index (χ3v) is 3.29. The SMILES string of the molecule is CC(C1=CO1)C12CC1C2. The highest BCUT2D eigenvalue weighted by molar-refractivity contribution is 5.28. The number of fused-ring (bicyclic) bond motifs is 1. The van der Waals surface area contributed by atoms with Crippen LogP contribution < -0.4 is 0 Å². The van der Waals surface area contributed by atoms with Crippen molar-refractivity contribution in [1.29, 1.82) is 0 Å². The molecule has 1 nitrogen and oxygen atoms in total. The monoisotopic (exact) mass is 122 g/mol. The zero-order valence-electron chi connectivity index (χ0n) is 5.55. The zero-order chi connectivity index (χ0) is 6.06. The highest BCUT2D eigenvalue weighted by Crippen LogP contribution is 2.80. The Kier molecular flexibility index (Phi) is 0.456. The van der Waals surface area contributed by atoms with Crippen molar-refractivity contribution in [3.63, 3.8) is 0 Å². The van der Waals surface area contributed by atoms with Gasteiger partial charge in [0.2, 0.25) is 0 Å². The second-order valence-electron chi connectivity index (χ2n) is 3.70. The predicted molar refractivity (Wildman–Crippen MR) is 33.5 cm³/mol. The highest BCUT2D eigenvalue weighted by Gasteiger charge is 2.73. The molecule has 3 rings (SSSR count). The van der Waals surface area contributed by atoms with Crippen LogP contribution in [0.1, 0.15) is 19.8 Å². The lowest BCUT2D eigenvalue weighted by atomic mass is 9.98. The van der Waals surface area contributed by atoms with Crippen LogP contribution in [-0.4, -0.2) is 0 Å². The molecule has 0 aromatic heterocycles. The van der Waals surface area contributed by atoms with Gasteiger partial charge in [-0.15, -0.1) is 0 Å². The number of allylic oxidation sites excluding steroid dienone is 1. The molecule has 0 bridgehead atoms. The molecule has 3 aliphatic rings. The molecule has 0 spiro atoms. The first kappa shape index (κ1) is 4.37. The first-order chi connectivity index (χ1) is 4.33. The van der Waals surface area contributed by atoms with Crippen molar-refractivity contribution < 1.29 is 4.74 Å². The molecule has 1 atom stereocenters. The number of hydrogen-bond donors (Lipinski definition) is 0. The Balaban J connectivity index is 1.84. The maximum absolute atomic E-state index is 5.06. The van der Waals surface area contributed by atoms with Crippen LogP contribution in [-0.2, 0) is 4.74 Å². The molecule has 0 radical (unpaired) electrons. The van der Waals surface area contributed by atoms with Gasteiger partial charge in [-0.05, 0) is 24.2 Å². The molecule has 2 saturated carbocycles. The van der Waals surface area contributed by atoms with Crippen molar-refractivity contribution >= 4 is 0 Å². The minimum atomic E-state index is 0.752. The fraction of sp³-hybridized carbons (Fsp3) is 0.750. The van der Waals surface area contributed by atoms with Crippen molar-refractivity contribution in [3.05, 3.63) is 12.0 Å². The molecule has 9 heavy (non-hydrogen) atoms. The lowest BCUT2D eigenvalue weighted by Gasteiger charge is -2.06. The second kappa shape index (κ2) is 0.938. The Morgan fingerprint density at radius 1 is 1.78 bits per heavy atom. The van der Waals surface area contributed by atoms with Gasteiger partial charge in [-0.2, -0.15) is 0 Å². The summed E-state index contributed by atoms with van der Waals surface area (Å²) in [5.74, 6) is 3.11. The van der Waals surface area contributed by atoms with E-state index in [9.17, 15) is 0 Å². The molecule has 2 aliphatic carbocycles. The van der Waals surface area contributed by atoms with Gasteiger partial charge in [-0.25, -0.2) is 0 Å². The van der Waals surface area contributed by atoms with E-state index in [-0.39, 0.29) is 0 Å². The first-order valence-corrected chi connectivity index (χ1v) is 3.70. The van der Waals surface area contributed by atoms with Gasteiger partial charge in [0.25, 0.3) is 0 Å². The van der Waals surface area contributed by atoms with Gasteiger partial charge in [0.1, 0.15) is 12.0 Å². The summed E-state index contributed by atoms with van der Waals surface area (Å²) in [6.07, 6.45) is 4.86. The second-order valence-corrected chi connectivity index (χ2v) is 3.70. The van der Waals surface area contributed by atoms with Crippen LogP contribution in [0.4, 0.5) is 0 Å². The molecule has 1 aliphatic heterocycles. The van der Waals surface area contributed by atoms with E-state index < -0.39 is 0 Å². The summed E-state index contributed by atoms with van der Waals surface area (Å²) in [6, 6.07) is 0. The normalized spacial score (nSPS) is 52.6. The summed E-state index contributed by atoms with van der Waals surface area (Å²) < 4.78 is 5.06. The fourth-order valence-electron chi connectivity index (χ4n) is 1.97. The first-order valence-electron chi connectivity index (χ1n) is 3.70.